The molecular weight excluding hydrogens is 192 g/mol. The molecule has 52 valence electrons. The molecule has 0 aliphatic rings. The first-order valence-electron chi connectivity index (χ1n) is 2.90. The highest BCUT2D eigenvalue weighted by Gasteiger charge is 1.85. The standard InChI is InChI=1S/C8H7BrO/c9-8(10)6-7-4-2-1-3-5-7/h1-6,10H. The summed E-state index contributed by atoms with van der Waals surface area (Å²) in [5.41, 5.74) is 0.983. The van der Waals surface area contributed by atoms with E-state index in [1.165, 1.54) is 0 Å². The first-order valence-corrected chi connectivity index (χ1v) is 3.69. The predicted octanol–water partition coefficient (Wildman–Crippen LogP) is 2.94. The Hall–Kier alpha value is -0.760. The van der Waals surface area contributed by atoms with Gasteiger partial charge in [-0.3, -0.25) is 0 Å². The molecule has 0 heterocycles. The molecule has 0 aliphatic heterocycles. The second-order valence-corrected chi connectivity index (χ2v) is 2.69. The molecule has 0 spiro atoms. The van der Waals surface area contributed by atoms with E-state index in [-0.39, 0.29) is 4.67 Å². The van der Waals surface area contributed by atoms with Crippen molar-refractivity contribution in [3.05, 3.63) is 40.6 Å². The third kappa shape index (κ3) is 2.23. The monoisotopic (exact) mass is 198 g/mol. The zero-order valence-corrected chi connectivity index (χ0v) is 6.88. The van der Waals surface area contributed by atoms with Gasteiger partial charge in [-0.2, -0.15) is 0 Å². The van der Waals surface area contributed by atoms with Gasteiger partial charge in [-0.15, -0.1) is 0 Å². The normalized spacial score (nSPS) is 11.5. The fourth-order valence-corrected chi connectivity index (χ4v) is 0.951. The lowest BCUT2D eigenvalue weighted by Gasteiger charge is -1.89. The summed E-state index contributed by atoms with van der Waals surface area (Å²) in [5, 5.41) is 8.78. The highest BCUT2D eigenvalue weighted by molar-refractivity contribution is 9.11. The summed E-state index contributed by atoms with van der Waals surface area (Å²) < 4.78 is 0.152. The molecule has 1 N–H and O–H groups in total. The second kappa shape index (κ2) is 3.42. The van der Waals surface area contributed by atoms with Crippen LogP contribution in [0.3, 0.4) is 0 Å². The van der Waals surface area contributed by atoms with Gasteiger partial charge in [-0.05, 0) is 27.6 Å². The van der Waals surface area contributed by atoms with E-state index in [1.54, 1.807) is 6.08 Å². The minimum absolute atomic E-state index is 0.152. The van der Waals surface area contributed by atoms with E-state index in [0.717, 1.165) is 5.56 Å². The minimum Gasteiger partial charge on any atom is -0.502 e. The van der Waals surface area contributed by atoms with Crippen LogP contribution in [0.2, 0.25) is 0 Å². The minimum atomic E-state index is 0.152. The summed E-state index contributed by atoms with van der Waals surface area (Å²) >= 11 is 2.93. The molecule has 0 bridgehead atoms. The lowest BCUT2D eigenvalue weighted by Crippen LogP contribution is -1.69. The maximum Gasteiger partial charge on any atom is 0.159 e. The zero-order valence-electron chi connectivity index (χ0n) is 5.29. The van der Waals surface area contributed by atoms with E-state index in [2.05, 4.69) is 15.9 Å². The quantitative estimate of drug-likeness (QED) is 0.689. The van der Waals surface area contributed by atoms with Gasteiger partial charge in [0.2, 0.25) is 0 Å². The predicted molar refractivity (Wildman–Crippen MR) is 46.0 cm³/mol. The SMILES string of the molecule is OC(Br)=Cc1ccccc1. The Labute approximate surface area is 68.1 Å². The number of rotatable bonds is 1. The molecule has 2 heteroatoms. The number of halogens is 1. The van der Waals surface area contributed by atoms with E-state index in [0.29, 0.717) is 0 Å². The van der Waals surface area contributed by atoms with Crippen LogP contribution in [0.5, 0.6) is 0 Å². The average Bonchev–Trinajstić information content (AvgIpc) is 1.88. The van der Waals surface area contributed by atoms with Gasteiger partial charge in [0.15, 0.2) is 4.67 Å². The topological polar surface area (TPSA) is 20.2 Å². The molecular formula is C8H7BrO. The highest BCUT2D eigenvalue weighted by atomic mass is 79.9. The van der Waals surface area contributed by atoms with Crippen molar-refractivity contribution in [3.8, 4) is 0 Å². The lowest BCUT2D eigenvalue weighted by molar-refractivity contribution is 0.465. The second-order valence-electron chi connectivity index (χ2n) is 1.88. The smallest absolute Gasteiger partial charge is 0.159 e. The molecule has 1 aromatic rings. The first-order chi connectivity index (χ1) is 4.79. The van der Waals surface area contributed by atoms with Gasteiger partial charge >= 0.3 is 0 Å². The van der Waals surface area contributed by atoms with Crippen molar-refractivity contribution in [1.82, 2.24) is 0 Å². The first kappa shape index (κ1) is 7.35. The van der Waals surface area contributed by atoms with Crippen molar-refractivity contribution in [1.29, 1.82) is 0 Å². The van der Waals surface area contributed by atoms with Crippen LogP contribution in [-0.4, -0.2) is 5.11 Å². The summed E-state index contributed by atoms with van der Waals surface area (Å²) in [7, 11) is 0. The molecule has 1 aromatic carbocycles. The largest absolute Gasteiger partial charge is 0.502 e. The molecule has 0 aromatic heterocycles. The van der Waals surface area contributed by atoms with Crippen LogP contribution in [0.15, 0.2) is 35.0 Å². The Bertz CT molecular complexity index is 224. The number of hydrogen-bond acceptors (Lipinski definition) is 1. The van der Waals surface area contributed by atoms with Crippen LogP contribution in [0.25, 0.3) is 6.08 Å². The number of hydrogen-bond donors (Lipinski definition) is 1. The third-order valence-corrected chi connectivity index (χ3v) is 1.31. The van der Waals surface area contributed by atoms with Gasteiger partial charge in [0, 0.05) is 0 Å². The van der Waals surface area contributed by atoms with E-state index in [1.807, 2.05) is 30.3 Å². The number of aliphatic hydroxyl groups is 1. The molecule has 0 unspecified atom stereocenters. The maximum atomic E-state index is 8.78. The Morgan fingerprint density at radius 1 is 1.30 bits per heavy atom. The number of benzene rings is 1. The van der Waals surface area contributed by atoms with Crippen molar-refractivity contribution in [2.45, 2.75) is 0 Å². The Balaban J connectivity index is 2.87. The molecule has 0 amide bonds. The van der Waals surface area contributed by atoms with E-state index in [4.69, 9.17) is 5.11 Å². The highest BCUT2D eigenvalue weighted by Crippen LogP contribution is 2.07. The van der Waals surface area contributed by atoms with E-state index < -0.39 is 0 Å². The number of aliphatic hydroxyl groups excluding tert-OH is 1. The molecule has 0 radical (unpaired) electrons. The molecule has 1 rings (SSSR count). The molecule has 0 atom stereocenters. The summed E-state index contributed by atoms with van der Waals surface area (Å²) in [4.78, 5) is 0. The maximum absolute atomic E-state index is 8.78. The molecule has 0 fully saturated rings. The molecule has 1 nitrogen and oxygen atoms in total. The van der Waals surface area contributed by atoms with Gasteiger partial charge in [0.1, 0.15) is 0 Å². The lowest BCUT2D eigenvalue weighted by atomic mass is 10.2. The van der Waals surface area contributed by atoms with Gasteiger partial charge in [0.05, 0.1) is 0 Å². The van der Waals surface area contributed by atoms with Crippen LogP contribution in [-0.2, 0) is 0 Å². The molecule has 0 saturated carbocycles. The van der Waals surface area contributed by atoms with Gasteiger partial charge in [-0.25, -0.2) is 0 Å². The summed E-state index contributed by atoms with van der Waals surface area (Å²) in [5.74, 6) is 0. The Kier molecular flexibility index (Phi) is 2.51. The van der Waals surface area contributed by atoms with Crippen LogP contribution in [0.4, 0.5) is 0 Å². The van der Waals surface area contributed by atoms with E-state index >= 15 is 0 Å². The Morgan fingerprint density at radius 3 is 2.40 bits per heavy atom. The van der Waals surface area contributed by atoms with E-state index in [9.17, 15) is 0 Å². The average molecular weight is 199 g/mol. The third-order valence-electron chi connectivity index (χ3n) is 1.09. The fourth-order valence-electron chi connectivity index (χ4n) is 0.687. The Morgan fingerprint density at radius 2 is 1.90 bits per heavy atom. The van der Waals surface area contributed by atoms with Crippen LogP contribution in [0, 0.1) is 0 Å². The van der Waals surface area contributed by atoms with Crippen LogP contribution < -0.4 is 0 Å². The van der Waals surface area contributed by atoms with Gasteiger partial charge in [0.25, 0.3) is 0 Å². The van der Waals surface area contributed by atoms with Crippen molar-refractivity contribution in [3.63, 3.8) is 0 Å². The molecule has 0 saturated heterocycles. The van der Waals surface area contributed by atoms with Crippen molar-refractivity contribution >= 4 is 22.0 Å². The van der Waals surface area contributed by atoms with Crippen LogP contribution in [0.1, 0.15) is 5.56 Å². The molecule has 0 aliphatic carbocycles. The summed E-state index contributed by atoms with van der Waals surface area (Å²) in [6.07, 6.45) is 1.64. The van der Waals surface area contributed by atoms with Crippen molar-refractivity contribution < 1.29 is 5.11 Å². The van der Waals surface area contributed by atoms with Crippen LogP contribution >= 0.6 is 15.9 Å². The van der Waals surface area contributed by atoms with Gasteiger partial charge < -0.3 is 5.11 Å². The van der Waals surface area contributed by atoms with Crippen molar-refractivity contribution in [2.75, 3.05) is 0 Å². The fraction of sp³-hybridized carbons (Fsp3) is 0. The zero-order chi connectivity index (χ0) is 7.40. The van der Waals surface area contributed by atoms with Crippen molar-refractivity contribution in [2.24, 2.45) is 0 Å². The summed E-state index contributed by atoms with van der Waals surface area (Å²) in [6, 6.07) is 9.60. The van der Waals surface area contributed by atoms with Gasteiger partial charge in [-0.1, -0.05) is 30.3 Å². The summed E-state index contributed by atoms with van der Waals surface area (Å²) in [6.45, 7) is 0. The molecule has 10 heavy (non-hydrogen) atoms.